The molecule has 0 radical (unpaired) electrons. The molecule has 1 saturated heterocycles. The Labute approximate surface area is 132 Å². The number of carbonyl (C=O) groups excluding carboxylic acids is 2. The van der Waals surface area contributed by atoms with Gasteiger partial charge in [-0.15, -0.1) is 0 Å². The van der Waals surface area contributed by atoms with Gasteiger partial charge in [0.15, 0.2) is 0 Å². The minimum Gasteiger partial charge on any atom is -0.339 e. The summed E-state index contributed by atoms with van der Waals surface area (Å²) in [7, 11) is 0. The Morgan fingerprint density at radius 2 is 1.91 bits per heavy atom. The summed E-state index contributed by atoms with van der Waals surface area (Å²) in [6, 6.07) is 8.15. The molecule has 120 valence electrons. The third-order valence-corrected chi connectivity index (χ3v) is 4.51. The Morgan fingerprint density at radius 1 is 1.27 bits per heavy atom. The lowest BCUT2D eigenvalue weighted by molar-refractivity contribution is -0.129. The number of amides is 2. The van der Waals surface area contributed by atoms with Crippen molar-refractivity contribution in [3.8, 4) is 0 Å². The highest BCUT2D eigenvalue weighted by Gasteiger charge is 2.35. The second-order valence-electron chi connectivity index (χ2n) is 6.46. The monoisotopic (exact) mass is 302 g/mol. The quantitative estimate of drug-likeness (QED) is 0.906. The number of hydrogen-bond acceptors (Lipinski definition) is 2. The van der Waals surface area contributed by atoms with Gasteiger partial charge in [-0.25, -0.2) is 0 Å². The molecule has 0 aliphatic carbocycles. The molecule has 22 heavy (non-hydrogen) atoms. The first kappa shape index (κ1) is 16.5. The summed E-state index contributed by atoms with van der Waals surface area (Å²) in [5.74, 6) is 0.288. The molecule has 1 aromatic carbocycles. The van der Waals surface area contributed by atoms with Crippen molar-refractivity contribution in [1.82, 2.24) is 4.90 Å². The maximum absolute atomic E-state index is 12.3. The van der Waals surface area contributed by atoms with E-state index in [2.05, 4.69) is 31.3 Å². The highest BCUT2D eigenvalue weighted by molar-refractivity contribution is 5.97. The highest BCUT2D eigenvalue weighted by Crippen LogP contribution is 2.23. The molecule has 1 aliphatic rings. The lowest BCUT2D eigenvalue weighted by Gasteiger charge is -2.20. The number of carbonyl (C=O) groups is 2. The third-order valence-electron chi connectivity index (χ3n) is 4.51. The summed E-state index contributed by atoms with van der Waals surface area (Å²) in [6.07, 6.45) is 1.41. The fourth-order valence-electron chi connectivity index (χ4n) is 2.78. The minimum absolute atomic E-state index is 0.0622. The summed E-state index contributed by atoms with van der Waals surface area (Å²) in [4.78, 5) is 26.0. The van der Waals surface area contributed by atoms with Crippen molar-refractivity contribution in [2.24, 2.45) is 5.92 Å². The molecule has 0 spiro atoms. The molecule has 0 bridgehead atoms. The first-order valence-corrected chi connectivity index (χ1v) is 8.12. The van der Waals surface area contributed by atoms with E-state index in [1.54, 1.807) is 4.90 Å². The molecule has 4 heteroatoms. The van der Waals surface area contributed by atoms with Gasteiger partial charge in [-0.05, 0) is 43.9 Å². The van der Waals surface area contributed by atoms with Crippen molar-refractivity contribution in [3.63, 3.8) is 0 Å². The maximum Gasteiger partial charge on any atom is 0.229 e. The van der Waals surface area contributed by atoms with Crippen LogP contribution in [0.4, 0.5) is 5.69 Å². The van der Waals surface area contributed by atoms with Crippen LogP contribution in [0.1, 0.15) is 52.0 Å². The smallest absolute Gasteiger partial charge is 0.229 e. The van der Waals surface area contributed by atoms with E-state index in [4.69, 9.17) is 0 Å². The average Bonchev–Trinajstić information content (AvgIpc) is 2.89. The zero-order valence-corrected chi connectivity index (χ0v) is 13.9. The SMILES string of the molecule is CC[C@@H](C)c1ccc(NC(=O)[C@H]2CC(=O)N(C(C)C)C2)cc1. The van der Waals surface area contributed by atoms with Gasteiger partial charge in [0.2, 0.25) is 11.8 Å². The standard InChI is InChI=1S/C18H26N2O2/c1-5-13(4)14-6-8-16(9-7-14)19-18(22)15-10-17(21)20(11-15)12(2)3/h6-9,12-13,15H,5,10-11H2,1-4H3,(H,19,22)/t13-,15+/m1/s1. The number of nitrogens with one attached hydrogen (secondary N) is 1. The molecule has 1 aliphatic heterocycles. The van der Waals surface area contributed by atoms with Gasteiger partial charge >= 0.3 is 0 Å². The van der Waals surface area contributed by atoms with Gasteiger partial charge in [0.05, 0.1) is 5.92 Å². The largest absolute Gasteiger partial charge is 0.339 e. The summed E-state index contributed by atoms with van der Waals surface area (Å²) in [6.45, 7) is 8.83. The van der Waals surface area contributed by atoms with Gasteiger partial charge in [-0.1, -0.05) is 26.0 Å². The van der Waals surface area contributed by atoms with Crippen molar-refractivity contribution in [3.05, 3.63) is 29.8 Å². The van der Waals surface area contributed by atoms with Crippen molar-refractivity contribution in [2.45, 2.75) is 52.5 Å². The normalized spacial score (nSPS) is 19.6. The molecule has 1 fully saturated rings. The molecule has 1 N–H and O–H groups in total. The number of likely N-dealkylation sites (tertiary alicyclic amines) is 1. The average molecular weight is 302 g/mol. The topological polar surface area (TPSA) is 49.4 Å². The van der Waals surface area contributed by atoms with Crippen LogP contribution in [-0.4, -0.2) is 29.3 Å². The molecule has 2 atom stereocenters. The van der Waals surface area contributed by atoms with Crippen LogP contribution in [0.3, 0.4) is 0 Å². The summed E-state index contributed by atoms with van der Waals surface area (Å²) in [5, 5.41) is 2.93. The van der Waals surface area contributed by atoms with Gasteiger partial charge in [0, 0.05) is 24.7 Å². The Morgan fingerprint density at radius 3 is 2.41 bits per heavy atom. The van der Waals surface area contributed by atoms with E-state index in [1.165, 1.54) is 5.56 Å². The molecule has 1 heterocycles. The Hall–Kier alpha value is -1.84. The van der Waals surface area contributed by atoms with Gasteiger partial charge in [0.25, 0.3) is 0 Å². The van der Waals surface area contributed by atoms with Crippen molar-refractivity contribution in [2.75, 3.05) is 11.9 Å². The lowest BCUT2D eigenvalue weighted by atomic mass is 9.98. The van der Waals surface area contributed by atoms with Crippen LogP contribution >= 0.6 is 0 Å². The van der Waals surface area contributed by atoms with Crippen LogP contribution in [0.5, 0.6) is 0 Å². The molecular weight excluding hydrogens is 276 g/mol. The molecule has 0 aromatic heterocycles. The fraction of sp³-hybridized carbons (Fsp3) is 0.556. The number of rotatable bonds is 5. The van der Waals surface area contributed by atoms with Crippen LogP contribution < -0.4 is 5.32 Å². The molecule has 1 aromatic rings. The van der Waals surface area contributed by atoms with E-state index in [0.29, 0.717) is 18.9 Å². The predicted octanol–water partition coefficient (Wildman–Crippen LogP) is 3.40. The second-order valence-corrected chi connectivity index (χ2v) is 6.46. The van der Waals surface area contributed by atoms with E-state index in [0.717, 1.165) is 12.1 Å². The van der Waals surface area contributed by atoms with E-state index < -0.39 is 0 Å². The summed E-state index contributed by atoms with van der Waals surface area (Å²) in [5.41, 5.74) is 2.08. The summed E-state index contributed by atoms with van der Waals surface area (Å²) < 4.78 is 0. The van der Waals surface area contributed by atoms with Crippen LogP contribution in [0.25, 0.3) is 0 Å². The van der Waals surface area contributed by atoms with Crippen molar-refractivity contribution in [1.29, 1.82) is 0 Å². The Bertz CT molecular complexity index is 537. The highest BCUT2D eigenvalue weighted by atomic mass is 16.2. The van der Waals surface area contributed by atoms with E-state index >= 15 is 0 Å². The first-order valence-electron chi connectivity index (χ1n) is 8.12. The first-order chi connectivity index (χ1) is 10.4. The van der Waals surface area contributed by atoms with Crippen LogP contribution in [0.2, 0.25) is 0 Å². The van der Waals surface area contributed by atoms with E-state index in [9.17, 15) is 9.59 Å². The van der Waals surface area contributed by atoms with Gasteiger partial charge < -0.3 is 10.2 Å². The molecule has 2 amide bonds. The minimum atomic E-state index is -0.246. The third kappa shape index (κ3) is 3.67. The van der Waals surface area contributed by atoms with E-state index in [-0.39, 0.29) is 23.8 Å². The number of nitrogens with zero attached hydrogens (tertiary/aromatic N) is 1. The van der Waals surface area contributed by atoms with Crippen molar-refractivity contribution >= 4 is 17.5 Å². The van der Waals surface area contributed by atoms with E-state index in [1.807, 2.05) is 26.0 Å². The zero-order valence-electron chi connectivity index (χ0n) is 13.9. The number of hydrogen-bond donors (Lipinski definition) is 1. The molecule has 0 saturated carbocycles. The second kappa shape index (κ2) is 6.95. The van der Waals surface area contributed by atoms with Gasteiger partial charge in [-0.3, -0.25) is 9.59 Å². The number of anilines is 1. The fourth-order valence-corrected chi connectivity index (χ4v) is 2.78. The van der Waals surface area contributed by atoms with Crippen molar-refractivity contribution < 1.29 is 9.59 Å². The molecule has 2 rings (SSSR count). The van der Waals surface area contributed by atoms with Crippen LogP contribution in [0.15, 0.2) is 24.3 Å². The predicted molar refractivity (Wildman–Crippen MR) is 88.7 cm³/mol. The van der Waals surface area contributed by atoms with Gasteiger partial charge in [-0.2, -0.15) is 0 Å². The summed E-state index contributed by atoms with van der Waals surface area (Å²) >= 11 is 0. The zero-order chi connectivity index (χ0) is 16.3. The van der Waals surface area contributed by atoms with Gasteiger partial charge in [0.1, 0.15) is 0 Å². The lowest BCUT2D eigenvalue weighted by Crippen LogP contribution is -2.33. The maximum atomic E-state index is 12.3. The Balaban J connectivity index is 1.96. The van der Waals surface area contributed by atoms with Crippen LogP contribution in [0, 0.1) is 5.92 Å². The Kier molecular flexibility index (Phi) is 5.22. The number of benzene rings is 1. The molecule has 4 nitrogen and oxygen atoms in total. The molecule has 0 unspecified atom stereocenters. The van der Waals surface area contributed by atoms with Crippen LogP contribution in [-0.2, 0) is 9.59 Å². The molecular formula is C18H26N2O2.